The first-order chi connectivity index (χ1) is 8.18. The van der Waals surface area contributed by atoms with Crippen molar-refractivity contribution < 1.29 is 19.4 Å². The van der Waals surface area contributed by atoms with Gasteiger partial charge in [-0.05, 0) is 19.3 Å². The number of amides is 2. The van der Waals surface area contributed by atoms with Gasteiger partial charge in [0, 0.05) is 6.61 Å². The zero-order valence-electron chi connectivity index (χ0n) is 11.7. The van der Waals surface area contributed by atoms with Gasteiger partial charge in [0.2, 0.25) is 0 Å². The smallest absolute Gasteiger partial charge is 0.326 e. The number of urea groups is 1. The van der Waals surface area contributed by atoms with Crippen LogP contribution in [0.1, 0.15) is 34.6 Å². The predicted molar refractivity (Wildman–Crippen MR) is 68.5 cm³/mol. The summed E-state index contributed by atoms with van der Waals surface area (Å²) < 4.78 is 5.16. The van der Waals surface area contributed by atoms with Crippen LogP contribution in [0, 0.1) is 5.41 Å². The van der Waals surface area contributed by atoms with Gasteiger partial charge in [0.25, 0.3) is 0 Å². The molecule has 106 valence electrons. The normalized spacial score (nSPS) is 14.7. The van der Waals surface area contributed by atoms with Crippen LogP contribution < -0.4 is 10.6 Å². The van der Waals surface area contributed by atoms with E-state index in [0.717, 1.165) is 0 Å². The van der Waals surface area contributed by atoms with E-state index in [1.165, 1.54) is 0 Å². The quantitative estimate of drug-likeness (QED) is 0.670. The second-order valence-corrected chi connectivity index (χ2v) is 5.32. The van der Waals surface area contributed by atoms with Crippen molar-refractivity contribution in [2.24, 2.45) is 5.41 Å². The minimum absolute atomic E-state index is 0.167. The first-order valence-corrected chi connectivity index (χ1v) is 6.06. The largest absolute Gasteiger partial charge is 0.480 e. The molecule has 0 saturated heterocycles. The van der Waals surface area contributed by atoms with Crippen LogP contribution in [0.5, 0.6) is 0 Å². The number of carboxylic acid groups (broad SMARTS) is 1. The molecule has 0 aliphatic carbocycles. The van der Waals surface area contributed by atoms with E-state index >= 15 is 0 Å². The van der Waals surface area contributed by atoms with E-state index in [1.54, 1.807) is 27.7 Å². The predicted octanol–water partition coefficient (Wildman–Crippen LogP) is 1.21. The molecule has 18 heavy (non-hydrogen) atoms. The topological polar surface area (TPSA) is 87.7 Å². The number of ether oxygens (including phenoxy) is 1. The van der Waals surface area contributed by atoms with Crippen molar-refractivity contribution in [2.45, 2.75) is 46.7 Å². The SMILES string of the molecule is CCOCC(C)NC(=O)N[C@H](C(=O)O)C(C)(C)C. The highest BCUT2D eigenvalue weighted by Gasteiger charge is 2.32. The molecule has 0 fully saturated rings. The Hall–Kier alpha value is -1.30. The van der Waals surface area contributed by atoms with E-state index in [9.17, 15) is 9.59 Å². The van der Waals surface area contributed by atoms with E-state index in [4.69, 9.17) is 9.84 Å². The van der Waals surface area contributed by atoms with Crippen LogP contribution in [-0.4, -0.2) is 42.4 Å². The van der Waals surface area contributed by atoms with Gasteiger partial charge in [-0.15, -0.1) is 0 Å². The molecule has 2 amide bonds. The third-order valence-corrected chi connectivity index (χ3v) is 2.34. The van der Waals surface area contributed by atoms with Crippen molar-refractivity contribution in [3.63, 3.8) is 0 Å². The van der Waals surface area contributed by atoms with Crippen molar-refractivity contribution in [1.82, 2.24) is 10.6 Å². The Morgan fingerprint density at radius 2 is 1.83 bits per heavy atom. The average Bonchev–Trinajstić information content (AvgIpc) is 2.21. The van der Waals surface area contributed by atoms with Gasteiger partial charge in [-0.1, -0.05) is 20.8 Å². The van der Waals surface area contributed by atoms with E-state index < -0.39 is 23.5 Å². The molecule has 0 aromatic heterocycles. The van der Waals surface area contributed by atoms with Gasteiger partial charge in [0.1, 0.15) is 6.04 Å². The van der Waals surface area contributed by atoms with Crippen LogP contribution in [0.2, 0.25) is 0 Å². The van der Waals surface area contributed by atoms with Crippen molar-refractivity contribution in [2.75, 3.05) is 13.2 Å². The highest BCUT2D eigenvalue weighted by atomic mass is 16.5. The maximum atomic E-state index is 11.6. The van der Waals surface area contributed by atoms with Crippen LogP contribution in [0.4, 0.5) is 4.79 Å². The standard InChI is InChI=1S/C12H24N2O4/c1-6-18-7-8(2)13-11(17)14-9(10(15)16)12(3,4)5/h8-9H,6-7H2,1-5H3,(H,15,16)(H2,13,14,17)/t8?,9-/m1/s1. The molecule has 0 saturated carbocycles. The molecule has 0 rings (SSSR count). The fraction of sp³-hybridized carbons (Fsp3) is 0.833. The minimum Gasteiger partial charge on any atom is -0.480 e. The maximum absolute atomic E-state index is 11.6. The molecule has 6 heteroatoms. The van der Waals surface area contributed by atoms with Crippen LogP contribution in [-0.2, 0) is 9.53 Å². The summed E-state index contributed by atoms with van der Waals surface area (Å²) in [5.74, 6) is -1.05. The average molecular weight is 260 g/mol. The van der Waals surface area contributed by atoms with Gasteiger partial charge in [-0.25, -0.2) is 9.59 Å². The minimum atomic E-state index is -1.05. The lowest BCUT2D eigenvalue weighted by atomic mass is 9.87. The lowest BCUT2D eigenvalue weighted by molar-refractivity contribution is -0.141. The van der Waals surface area contributed by atoms with Crippen LogP contribution in [0.3, 0.4) is 0 Å². The lowest BCUT2D eigenvalue weighted by Crippen LogP contribution is -2.54. The van der Waals surface area contributed by atoms with E-state index in [2.05, 4.69) is 10.6 Å². The monoisotopic (exact) mass is 260 g/mol. The molecular formula is C12H24N2O4. The van der Waals surface area contributed by atoms with Gasteiger partial charge < -0.3 is 20.5 Å². The summed E-state index contributed by atoms with van der Waals surface area (Å²) in [5.41, 5.74) is -0.549. The molecule has 0 aromatic rings. The van der Waals surface area contributed by atoms with Gasteiger partial charge in [0.15, 0.2) is 0 Å². The van der Waals surface area contributed by atoms with Gasteiger partial charge >= 0.3 is 12.0 Å². The summed E-state index contributed by atoms with van der Waals surface area (Å²) in [4.78, 5) is 22.7. The highest BCUT2D eigenvalue weighted by molar-refractivity contribution is 5.83. The summed E-state index contributed by atoms with van der Waals surface area (Å²) in [7, 11) is 0. The van der Waals surface area contributed by atoms with Gasteiger partial charge in [-0.3, -0.25) is 0 Å². The Kier molecular flexibility index (Phi) is 6.68. The summed E-state index contributed by atoms with van der Waals surface area (Å²) in [6.07, 6.45) is 0. The Balaban J connectivity index is 4.31. The second kappa shape index (κ2) is 7.20. The summed E-state index contributed by atoms with van der Waals surface area (Å²) in [6.45, 7) is 9.92. The third-order valence-electron chi connectivity index (χ3n) is 2.34. The van der Waals surface area contributed by atoms with Gasteiger partial charge in [0.05, 0.1) is 12.6 Å². The van der Waals surface area contributed by atoms with Crippen molar-refractivity contribution in [3.8, 4) is 0 Å². The number of carboxylic acids is 1. The molecule has 0 radical (unpaired) electrons. The first kappa shape index (κ1) is 16.7. The van der Waals surface area contributed by atoms with E-state index in [0.29, 0.717) is 13.2 Å². The van der Waals surface area contributed by atoms with Crippen LogP contribution >= 0.6 is 0 Å². The molecule has 0 aromatic carbocycles. The van der Waals surface area contributed by atoms with Crippen LogP contribution in [0.15, 0.2) is 0 Å². The summed E-state index contributed by atoms with van der Waals surface area (Å²) >= 11 is 0. The zero-order valence-corrected chi connectivity index (χ0v) is 11.7. The second-order valence-electron chi connectivity index (χ2n) is 5.32. The number of rotatable bonds is 6. The number of hydrogen-bond donors (Lipinski definition) is 3. The number of hydrogen-bond acceptors (Lipinski definition) is 3. The van der Waals surface area contributed by atoms with Crippen molar-refractivity contribution in [3.05, 3.63) is 0 Å². The van der Waals surface area contributed by atoms with Gasteiger partial charge in [-0.2, -0.15) is 0 Å². The molecular weight excluding hydrogens is 236 g/mol. The molecule has 0 bridgehead atoms. The van der Waals surface area contributed by atoms with Crippen molar-refractivity contribution in [1.29, 1.82) is 0 Å². The van der Waals surface area contributed by atoms with E-state index in [1.807, 2.05) is 6.92 Å². The van der Waals surface area contributed by atoms with Crippen molar-refractivity contribution >= 4 is 12.0 Å². The Bertz CT molecular complexity index is 286. The number of aliphatic carboxylic acids is 1. The molecule has 2 atom stereocenters. The molecule has 0 spiro atoms. The highest BCUT2D eigenvalue weighted by Crippen LogP contribution is 2.19. The number of nitrogens with one attached hydrogen (secondary N) is 2. The first-order valence-electron chi connectivity index (χ1n) is 6.06. The molecule has 6 nitrogen and oxygen atoms in total. The number of carbonyl (C=O) groups is 2. The fourth-order valence-electron chi connectivity index (χ4n) is 1.38. The molecule has 1 unspecified atom stereocenters. The van der Waals surface area contributed by atoms with E-state index in [-0.39, 0.29) is 6.04 Å². The molecule has 0 aliphatic heterocycles. The van der Waals surface area contributed by atoms with Crippen LogP contribution in [0.25, 0.3) is 0 Å². The molecule has 3 N–H and O–H groups in total. The summed E-state index contributed by atoms with van der Waals surface area (Å²) in [6, 6.07) is -1.60. The number of carbonyl (C=O) groups excluding carboxylic acids is 1. The Morgan fingerprint density at radius 3 is 2.22 bits per heavy atom. The molecule has 0 aliphatic rings. The Morgan fingerprint density at radius 1 is 1.28 bits per heavy atom. The zero-order chi connectivity index (χ0) is 14.3. The lowest BCUT2D eigenvalue weighted by Gasteiger charge is -2.28. The molecule has 0 heterocycles. The summed E-state index contributed by atoms with van der Waals surface area (Å²) in [5, 5.41) is 14.2. The Labute approximate surface area is 108 Å². The fourth-order valence-corrected chi connectivity index (χ4v) is 1.38. The third kappa shape index (κ3) is 6.44. The maximum Gasteiger partial charge on any atom is 0.326 e.